The van der Waals surface area contributed by atoms with Crippen molar-refractivity contribution in [2.24, 2.45) is 0 Å². The first kappa shape index (κ1) is 29.6. The number of rotatable bonds is 2. The van der Waals surface area contributed by atoms with Crippen molar-refractivity contribution in [2.45, 2.75) is 7.43 Å². The maximum Gasteiger partial charge on any atom is 1.00 e. The first-order chi connectivity index (χ1) is 5.56. The summed E-state index contributed by atoms with van der Waals surface area (Å²) in [5.41, 5.74) is 0. The van der Waals surface area contributed by atoms with Gasteiger partial charge in [0.1, 0.15) is 0 Å². The van der Waals surface area contributed by atoms with Crippen LogP contribution >= 0.6 is 0 Å². The second-order valence-electron chi connectivity index (χ2n) is 0.644. The molecule has 0 aliphatic heterocycles. The standard InChI is InChI=1S/3CH2O3.CH4.H2O.H2/c2*2-1-4-3;2-1(3)4;;;/h2*1,3H;(H2,2,3,4);1H4;1H2;1H/p-1. The van der Waals surface area contributed by atoms with Crippen molar-refractivity contribution in [1.29, 1.82) is 0 Å². The van der Waals surface area contributed by atoms with Crippen LogP contribution in [-0.2, 0) is 19.4 Å². The zero-order valence-electron chi connectivity index (χ0n) is 7.87. The third kappa shape index (κ3) is 103000. The summed E-state index contributed by atoms with van der Waals surface area (Å²) in [6, 6.07) is 0. The number of hydrogen-bond acceptors (Lipinski definition) is 9. The highest BCUT2D eigenvalue weighted by molar-refractivity contribution is 5.47. The molecule has 0 saturated heterocycles. The zero-order valence-corrected chi connectivity index (χ0v) is 5.87. The van der Waals surface area contributed by atoms with Crippen molar-refractivity contribution in [3.05, 3.63) is 0 Å². The van der Waals surface area contributed by atoms with Crippen molar-refractivity contribution in [2.75, 3.05) is 0 Å². The van der Waals surface area contributed by atoms with Gasteiger partial charge < -0.3 is 35.5 Å². The monoisotopic (exact) mass is 221 g/mol. The SMILES string of the molecule is C.O.O=C([O-])[O-].O=COO.O=CO[O-].[H+].[H+].[HH]. The number of carboxylic acid groups (broad SMARTS) is 2. The van der Waals surface area contributed by atoms with E-state index in [1.165, 1.54) is 0 Å². The molecule has 0 aliphatic carbocycles. The van der Waals surface area contributed by atoms with Gasteiger partial charge >= 0.3 is 9.33 Å². The van der Waals surface area contributed by atoms with E-state index in [-0.39, 0.29) is 30.1 Å². The summed E-state index contributed by atoms with van der Waals surface area (Å²) in [7, 11) is 0. The molecule has 0 amide bonds. The fourth-order valence-electron chi connectivity index (χ4n) is 0. The minimum atomic E-state index is -2.33. The highest BCUT2D eigenvalue weighted by Gasteiger charge is 1.47. The molecule has 0 aromatic heterocycles. The predicted molar refractivity (Wildman–Crippen MR) is 37.0 cm³/mol. The Balaban J connectivity index is -0.0000000104. The van der Waals surface area contributed by atoms with Crippen LogP contribution in [0.2, 0.25) is 0 Å². The molecule has 14 heavy (non-hydrogen) atoms. The average molecular weight is 221 g/mol. The van der Waals surface area contributed by atoms with Gasteiger partial charge in [0.15, 0.2) is 0 Å². The second kappa shape index (κ2) is 43.6. The molecule has 10 nitrogen and oxygen atoms in total. The van der Waals surface area contributed by atoms with E-state index >= 15 is 0 Å². The molecule has 90 valence electrons. The Kier molecular flexibility index (Phi) is 92.1. The van der Waals surface area contributed by atoms with Gasteiger partial charge in [-0.1, -0.05) is 7.43 Å². The quantitative estimate of drug-likeness (QED) is 0.274. The van der Waals surface area contributed by atoms with Crippen LogP contribution in [0.3, 0.4) is 0 Å². The molecule has 0 atom stereocenters. The normalized spacial score (nSPS) is 4.71. The summed E-state index contributed by atoms with van der Waals surface area (Å²) < 4.78 is 0. The molecule has 0 bridgehead atoms. The summed E-state index contributed by atoms with van der Waals surface area (Å²) in [6.07, 6.45) is -2.33. The Morgan fingerprint density at radius 3 is 1.50 bits per heavy atom. The van der Waals surface area contributed by atoms with Crippen LogP contribution < -0.4 is 15.5 Å². The lowest BCUT2D eigenvalue weighted by molar-refractivity contribution is -0.652. The minimum Gasteiger partial charge on any atom is -0.662 e. The van der Waals surface area contributed by atoms with Gasteiger partial charge in [-0.15, -0.1) is 0 Å². The molecule has 0 unspecified atom stereocenters. The van der Waals surface area contributed by atoms with Crippen LogP contribution in [0.5, 0.6) is 0 Å². The van der Waals surface area contributed by atoms with Gasteiger partial charge in [-0.3, -0.25) is 9.59 Å². The number of carbonyl (C=O) groups is 3. The third-order valence-electron chi connectivity index (χ3n) is 0.0823. The van der Waals surface area contributed by atoms with Gasteiger partial charge in [-0.25, -0.2) is 5.26 Å². The van der Waals surface area contributed by atoms with Crippen molar-refractivity contribution in [1.82, 2.24) is 0 Å². The Morgan fingerprint density at radius 1 is 1.36 bits per heavy atom. The first-order valence-corrected chi connectivity index (χ1v) is 1.90. The molecular weight excluding hydrogens is 208 g/mol. The maximum atomic E-state index is 8.70. The predicted octanol–water partition coefficient (Wildman–Crippen LogP) is -4.10. The van der Waals surface area contributed by atoms with Gasteiger partial charge in [0.2, 0.25) is 0 Å². The lowest BCUT2D eigenvalue weighted by Crippen LogP contribution is -2.37. The van der Waals surface area contributed by atoms with Gasteiger partial charge in [0.25, 0.3) is 6.47 Å². The third-order valence-corrected chi connectivity index (χ3v) is 0.0823. The summed E-state index contributed by atoms with van der Waals surface area (Å²) >= 11 is 0. The molecule has 0 fully saturated rings. The molecule has 10 heteroatoms. The van der Waals surface area contributed by atoms with Crippen LogP contribution in [0.25, 0.3) is 0 Å². The molecule has 0 aromatic rings. The van der Waals surface area contributed by atoms with E-state index < -0.39 is 6.16 Å². The minimum absolute atomic E-state index is 0. The second-order valence-corrected chi connectivity index (χ2v) is 0.644. The summed E-state index contributed by atoms with van der Waals surface area (Å²) in [5, 5.41) is 32.1. The molecule has 0 rings (SSSR count). The Bertz CT molecular complexity index is 110. The van der Waals surface area contributed by atoms with Gasteiger partial charge in [-0.05, 0) is 6.16 Å². The molecule has 0 saturated carbocycles. The lowest BCUT2D eigenvalue weighted by atomic mass is 11.5. The van der Waals surface area contributed by atoms with E-state index in [0.29, 0.717) is 0 Å². The molecule has 0 spiro atoms. The van der Waals surface area contributed by atoms with E-state index in [0.717, 1.165) is 0 Å². The summed E-state index contributed by atoms with van der Waals surface area (Å²) in [6.45, 7) is -0.250. The van der Waals surface area contributed by atoms with Gasteiger partial charge in [0.05, 0.1) is 0 Å². The molecule has 0 aliphatic rings. The topological polar surface area (TPSA) is 191 Å². The van der Waals surface area contributed by atoms with Crippen molar-refractivity contribution in [3.63, 3.8) is 0 Å². The van der Waals surface area contributed by atoms with Gasteiger partial charge in [0, 0.05) is 1.43 Å². The first-order valence-electron chi connectivity index (χ1n) is 1.90. The largest absolute Gasteiger partial charge is 1.00 e. The Hall–Kier alpha value is -1.91. The highest BCUT2D eigenvalue weighted by atomic mass is 17.1. The van der Waals surface area contributed by atoms with Crippen LogP contribution in [0.1, 0.15) is 11.7 Å². The lowest BCUT2D eigenvalue weighted by Gasteiger charge is -1.96. The molecule has 3 N–H and O–H groups in total. The Labute approximate surface area is 82.5 Å². The van der Waals surface area contributed by atoms with E-state index in [2.05, 4.69) is 9.78 Å². The molecular formula is C4H13O10-. The van der Waals surface area contributed by atoms with Crippen molar-refractivity contribution >= 4 is 19.1 Å². The van der Waals surface area contributed by atoms with Crippen LogP contribution in [0.4, 0.5) is 4.79 Å². The average Bonchev–Trinajstić information content (AvgIpc) is 2.03. The number of hydrogen-bond donors (Lipinski definition) is 1. The fourth-order valence-corrected chi connectivity index (χ4v) is 0. The van der Waals surface area contributed by atoms with Crippen molar-refractivity contribution in [3.8, 4) is 0 Å². The van der Waals surface area contributed by atoms with Crippen LogP contribution in [-0.4, -0.2) is 29.8 Å². The van der Waals surface area contributed by atoms with E-state index in [1.807, 2.05) is 0 Å². The van der Waals surface area contributed by atoms with Crippen molar-refractivity contribution < 1.29 is 54.6 Å². The van der Waals surface area contributed by atoms with Gasteiger partial charge in [-0.2, -0.15) is 0 Å². The molecule has 0 radical (unpaired) electrons. The van der Waals surface area contributed by atoms with Crippen LogP contribution in [0, 0.1) is 0 Å². The van der Waals surface area contributed by atoms with Crippen LogP contribution in [0.15, 0.2) is 0 Å². The highest BCUT2D eigenvalue weighted by Crippen LogP contribution is 1.33. The Morgan fingerprint density at radius 2 is 1.50 bits per heavy atom. The zero-order chi connectivity index (χ0) is 10.4. The number of carbonyl (C=O) groups excluding carboxylic acids is 3. The molecule has 0 aromatic carbocycles. The smallest absolute Gasteiger partial charge is 0.662 e. The van der Waals surface area contributed by atoms with E-state index in [4.69, 9.17) is 35.1 Å². The summed E-state index contributed by atoms with van der Waals surface area (Å²) in [4.78, 5) is 31.1. The molecule has 0 heterocycles. The van der Waals surface area contributed by atoms with E-state index in [1.54, 1.807) is 0 Å². The fraction of sp³-hybridized carbons (Fsp3) is 0.250. The summed E-state index contributed by atoms with van der Waals surface area (Å²) in [5.74, 6) is 0. The van der Waals surface area contributed by atoms with E-state index in [9.17, 15) is 0 Å². The maximum absolute atomic E-state index is 8.70.